The van der Waals surface area contributed by atoms with E-state index in [0.29, 0.717) is 10.2 Å². The highest BCUT2D eigenvalue weighted by Gasteiger charge is 2.23. The quantitative estimate of drug-likeness (QED) is 0.830. The molecule has 88 valence electrons. The Bertz CT molecular complexity index is 502. The maximum absolute atomic E-state index is 11.8. The zero-order chi connectivity index (χ0) is 12.3. The molecule has 0 heterocycles. The Morgan fingerprint density at radius 1 is 1.50 bits per heavy atom. The molecule has 0 fully saturated rings. The molecule has 0 aliphatic heterocycles. The van der Waals surface area contributed by atoms with Gasteiger partial charge in [-0.25, -0.2) is 8.42 Å². The van der Waals surface area contributed by atoms with Crippen molar-refractivity contribution in [2.75, 3.05) is 4.72 Å². The molecule has 0 radical (unpaired) electrons. The van der Waals surface area contributed by atoms with Crippen LogP contribution in [0, 0.1) is 0 Å². The monoisotopic (exact) mass is 322 g/mol. The lowest BCUT2D eigenvalue weighted by Gasteiger charge is -2.14. The first-order valence-corrected chi connectivity index (χ1v) is 7.15. The van der Waals surface area contributed by atoms with Crippen molar-refractivity contribution >= 4 is 48.8 Å². The largest absolute Gasteiger partial charge is 0.392 e. The summed E-state index contributed by atoms with van der Waals surface area (Å²) in [6.07, 6.45) is 0. The van der Waals surface area contributed by atoms with Crippen LogP contribution in [0.2, 0.25) is 0 Å². The van der Waals surface area contributed by atoms with Crippen LogP contribution in [0.3, 0.4) is 0 Å². The molecule has 1 aromatic rings. The van der Waals surface area contributed by atoms with Gasteiger partial charge in [-0.2, -0.15) is 0 Å². The highest BCUT2D eigenvalue weighted by Crippen LogP contribution is 2.23. The highest BCUT2D eigenvalue weighted by molar-refractivity contribution is 9.10. The maximum Gasteiger partial charge on any atom is 0.241 e. The van der Waals surface area contributed by atoms with Gasteiger partial charge in [0.05, 0.1) is 10.7 Å². The van der Waals surface area contributed by atoms with Gasteiger partial charge in [0.15, 0.2) is 0 Å². The average molecular weight is 323 g/mol. The molecule has 7 heteroatoms. The van der Waals surface area contributed by atoms with E-state index in [9.17, 15) is 8.42 Å². The number of halogens is 1. The zero-order valence-electron chi connectivity index (χ0n) is 8.48. The second kappa shape index (κ2) is 5.11. The van der Waals surface area contributed by atoms with Crippen LogP contribution in [0.25, 0.3) is 0 Å². The molecular formula is C9H11BrN2O2S2. The van der Waals surface area contributed by atoms with Gasteiger partial charge in [0.1, 0.15) is 5.25 Å². The van der Waals surface area contributed by atoms with Crippen LogP contribution in [0.1, 0.15) is 6.92 Å². The van der Waals surface area contributed by atoms with Crippen LogP contribution in [0.5, 0.6) is 0 Å². The Morgan fingerprint density at radius 3 is 2.56 bits per heavy atom. The van der Waals surface area contributed by atoms with Gasteiger partial charge in [-0.05, 0) is 35.0 Å². The van der Waals surface area contributed by atoms with Gasteiger partial charge in [-0.15, -0.1) is 0 Å². The van der Waals surface area contributed by atoms with Gasteiger partial charge in [0.25, 0.3) is 0 Å². The lowest BCUT2D eigenvalue weighted by molar-refractivity contribution is 0.598. The van der Waals surface area contributed by atoms with Crippen molar-refractivity contribution in [1.82, 2.24) is 0 Å². The molecule has 1 rings (SSSR count). The first-order valence-electron chi connectivity index (χ1n) is 4.40. The number of benzene rings is 1. The van der Waals surface area contributed by atoms with Gasteiger partial charge in [0.2, 0.25) is 10.0 Å². The van der Waals surface area contributed by atoms with Crippen molar-refractivity contribution in [2.45, 2.75) is 12.2 Å². The van der Waals surface area contributed by atoms with E-state index in [1.807, 2.05) is 0 Å². The number of nitrogens with two attached hydrogens (primary N) is 1. The molecule has 0 saturated heterocycles. The number of para-hydroxylation sites is 1. The van der Waals surface area contributed by atoms with E-state index in [4.69, 9.17) is 5.73 Å². The van der Waals surface area contributed by atoms with Crippen molar-refractivity contribution in [3.8, 4) is 0 Å². The third-order valence-electron chi connectivity index (χ3n) is 1.99. The Balaban J connectivity index is 2.98. The lowest BCUT2D eigenvalue weighted by atomic mass is 10.3. The molecule has 0 saturated carbocycles. The standard InChI is InChI=1S/C9H11BrN2O2S2/c1-6(9(11)15)16(13,14)12-8-5-3-2-4-7(8)10/h2-6,12H,1H3,(H2,11,15). The fourth-order valence-electron chi connectivity index (χ4n) is 0.939. The molecule has 4 nitrogen and oxygen atoms in total. The van der Waals surface area contributed by atoms with E-state index in [-0.39, 0.29) is 4.99 Å². The second-order valence-corrected chi connectivity index (χ2v) is 6.50. The van der Waals surface area contributed by atoms with E-state index < -0.39 is 15.3 Å². The molecule has 0 amide bonds. The van der Waals surface area contributed by atoms with E-state index >= 15 is 0 Å². The third-order valence-corrected chi connectivity index (χ3v) is 4.88. The van der Waals surface area contributed by atoms with Gasteiger partial charge >= 0.3 is 0 Å². The summed E-state index contributed by atoms with van der Waals surface area (Å²) >= 11 is 7.91. The molecular weight excluding hydrogens is 312 g/mol. The predicted molar refractivity (Wildman–Crippen MR) is 72.9 cm³/mol. The SMILES string of the molecule is CC(C(N)=S)S(=O)(=O)Nc1ccccc1Br. The minimum absolute atomic E-state index is 0.0560. The van der Waals surface area contributed by atoms with Gasteiger partial charge in [-0.3, -0.25) is 4.72 Å². The number of sulfonamides is 1. The van der Waals surface area contributed by atoms with E-state index in [1.54, 1.807) is 24.3 Å². The van der Waals surface area contributed by atoms with Crippen LogP contribution >= 0.6 is 28.1 Å². The topological polar surface area (TPSA) is 72.2 Å². The van der Waals surface area contributed by atoms with Gasteiger partial charge < -0.3 is 5.73 Å². The summed E-state index contributed by atoms with van der Waals surface area (Å²) in [4.78, 5) is -0.0560. The number of thiocarbonyl (C=S) groups is 1. The second-order valence-electron chi connectivity index (χ2n) is 3.17. The zero-order valence-corrected chi connectivity index (χ0v) is 11.7. The van der Waals surface area contributed by atoms with Crippen molar-refractivity contribution < 1.29 is 8.42 Å². The molecule has 16 heavy (non-hydrogen) atoms. The van der Waals surface area contributed by atoms with Crippen LogP contribution in [-0.2, 0) is 10.0 Å². The Labute approximate surface area is 108 Å². The van der Waals surface area contributed by atoms with Crippen LogP contribution in [0.4, 0.5) is 5.69 Å². The van der Waals surface area contributed by atoms with Gasteiger partial charge in [0, 0.05) is 4.47 Å². The smallest absolute Gasteiger partial charge is 0.241 e. The minimum atomic E-state index is -3.58. The molecule has 1 atom stereocenters. The average Bonchev–Trinajstić information content (AvgIpc) is 2.20. The molecule has 0 aliphatic carbocycles. The first-order chi connectivity index (χ1) is 7.34. The summed E-state index contributed by atoms with van der Waals surface area (Å²) in [6.45, 7) is 1.45. The van der Waals surface area contributed by atoms with Crippen molar-refractivity contribution in [1.29, 1.82) is 0 Å². The lowest BCUT2D eigenvalue weighted by Crippen LogP contribution is -2.35. The van der Waals surface area contributed by atoms with Crippen LogP contribution < -0.4 is 10.5 Å². The Kier molecular flexibility index (Phi) is 4.28. The molecule has 1 unspecified atom stereocenters. The fourth-order valence-corrected chi connectivity index (χ4v) is 2.80. The normalized spacial score (nSPS) is 13.1. The highest BCUT2D eigenvalue weighted by atomic mass is 79.9. The van der Waals surface area contributed by atoms with E-state index in [2.05, 4.69) is 32.9 Å². The summed E-state index contributed by atoms with van der Waals surface area (Å²) < 4.78 is 26.7. The Hall–Kier alpha value is -0.660. The van der Waals surface area contributed by atoms with E-state index in [0.717, 1.165) is 0 Å². The summed E-state index contributed by atoms with van der Waals surface area (Å²) in [5.74, 6) is 0. The summed E-state index contributed by atoms with van der Waals surface area (Å²) in [5.41, 5.74) is 5.78. The van der Waals surface area contributed by atoms with Crippen molar-refractivity contribution in [3.05, 3.63) is 28.7 Å². The van der Waals surface area contributed by atoms with Crippen LogP contribution in [0.15, 0.2) is 28.7 Å². The van der Waals surface area contributed by atoms with Crippen LogP contribution in [-0.4, -0.2) is 18.7 Å². The summed E-state index contributed by atoms with van der Waals surface area (Å²) in [7, 11) is -3.58. The number of rotatable bonds is 4. The Morgan fingerprint density at radius 2 is 2.06 bits per heavy atom. The minimum Gasteiger partial charge on any atom is -0.392 e. The summed E-state index contributed by atoms with van der Waals surface area (Å²) in [5, 5.41) is -0.908. The molecule has 0 bridgehead atoms. The van der Waals surface area contributed by atoms with E-state index in [1.165, 1.54) is 6.92 Å². The van der Waals surface area contributed by atoms with Gasteiger partial charge in [-0.1, -0.05) is 24.4 Å². The third kappa shape index (κ3) is 3.16. The summed E-state index contributed by atoms with van der Waals surface area (Å²) in [6, 6.07) is 6.91. The first kappa shape index (κ1) is 13.4. The molecule has 0 aliphatic rings. The number of hydrogen-bond donors (Lipinski definition) is 2. The number of hydrogen-bond acceptors (Lipinski definition) is 3. The number of nitrogens with one attached hydrogen (secondary N) is 1. The molecule has 0 aromatic heterocycles. The van der Waals surface area contributed by atoms with Crippen molar-refractivity contribution in [2.24, 2.45) is 5.73 Å². The van der Waals surface area contributed by atoms with Crippen molar-refractivity contribution in [3.63, 3.8) is 0 Å². The fraction of sp³-hybridized carbons (Fsp3) is 0.222. The molecule has 0 spiro atoms. The molecule has 1 aromatic carbocycles. The predicted octanol–water partition coefficient (Wildman–Crippen LogP) is 1.87. The molecule has 3 N–H and O–H groups in total. The maximum atomic E-state index is 11.8. The number of anilines is 1.